The fourth-order valence-electron chi connectivity index (χ4n) is 1.78. The molecule has 0 spiro atoms. The fourth-order valence-corrected chi connectivity index (χ4v) is 2.68. The van der Waals surface area contributed by atoms with Crippen molar-refractivity contribution in [2.45, 2.75) is 38.4 Å². The molecular weight excluding hydrogens is 387 g/mol. The average Bonchev–Trinajstić information content (AvgIpc) is 2.32. The average molecular weight is 403 g/mol. The number of halogens is 5. The molecule has 0 bridgehead atoms. The standard InChI is InChI=1S/C13H16Br2F3N/c1-2-7-19-12(5-6-13(16,17)18)10-8-9(14)3-4-11(10)15/h3-4,8,12,19H,2,5-7H2,1H3. The van der Waals surface area contributed by atoms with Crippen LogP contribution in [0.25, 0.3) is 0 Å². The van der Waals surface area contributed by atoms with Gasteiger partial charge in [-0.3, -0.25) is 0 Å². The molecule has 1 nitrogen and oxygen atoms in total. The van der Waals surface area contributed by atoms with Gasteiger partial charge >= 0.3 is 6.18 Å². The monoisotopic (exact) mass is 401 g/mol. The molecule has 6 heteroatoms. The van der Waals surface area contributed by atoms with Crippen molar-refractivity contribution in [1.29, 1.82) is 0 Å². The summed E-state index contributed by atoms with van der Waals surface area (Å²) in [5, 5.41) is 3.18. The van der Waals surface area contributed by atoms with E-state index in [1.807, 2.05) is 25.1 Å². The van der Waals surface area contributed by atoms with E-state index >= 15 is 0 Å². The number of hydrogen-bond acceptors (Lipinski definition) is 1. The van der Waals surface area contributed by atoms with Crippen LogP contribution in [-0.4, -0.2) is 12.7 Å². The van der Waals surface area contributed by atoms with E-state index in [1.165, 1.54) is 0 Å². The maximum atomic E-state index is 12.4. The lowest BCUT2D eigenvalue weighted by molar-refractivity contribution is -0.136. The summed E-state index contributed by atoms with van der Waals surface area (Å²) in [6, 6.07) is 5.25. The first kappa shape index (κ1) is 17.0. The van der Waals surface area contributed by atoms with Gasteiger partial charge in [0.25, 0.3) is 0 Å². The Morgan fingerprint density at radius 2 is 1.95 bits per heavy atom. The second-order valence-electron chi connectivity index (χ2n) is 4.33. The van der Waals surface area contributed by atoms with Crippen LogP contribution < -0.4 is 5.32 Å². The van der Waals surface area contributed by atoms with Crippen molar-refractivity contribution in [3.05, 3.63) is 32.7 Å². The Morgan fingerprint density at radius 1 is 1.26 bits per heavy atom. The first-order valence-corrected chi connectivity index (χ1v) is 7.67. The number of benzene rings is 1. The van der Waals surface area contributed by atoms with Crippen LogP contribution >= 0.6 is 31.9 Å². The lowest BCUT2D eigenvalue weighted by Gasteiger charge is -2.21. The van der Waals surface area contributed by atoms with Gasteiger partial charge in [-0.2, -0.15) is 13.2 Å². The molecule has 19 heavy (non-hydrogen) atoms. The summed E-state index contributed by atoms with van der Waals surface area (Å²) in [6.07, 6.45) is -3.98. The Morgan fingerprint density at radius 3 is 2.53 bits per heavy atom. The van der Waals surface area contributed by atoms with Gasteiger partial charge in [0, 0.05) is 21.4 Å². The summed E-state index contributed by atoms with van der Waals surface area (Å²) in [4.78, 5) is 0. The van der Waals surface area contributed by atoms with Gasteiger partial charge in [-0.1, -0.05) is 38.8 Å². The van der Waals surface area contributed by atoms with Gasteiger partial charge in [-0.25, -0.2) is 0 Å². The summed E-state index contributed by atoms with van der Waals surface area (Å²) in [6.45, 7) is 2.69. The Kier molecular flexibility index (Phi) is 6.83. The summed E-state index contributed by atoms with van der Waals surface area (Å²) < 4.78 is 38.8. The quantitative estimate of drug-likeness (QED) is 0.653. The van der Waals surface area contributed by atoms with Gasteiger partial charge in [0.2, 0.25) is 0 Å². The van der Waals surface area contributed by atoms with E-state index in [9.17, 15) is 13.2 Å². The molecular formula is C13H16Br2F3N. The van der Waals surface area contributed by atoms with E-state index < -0.39 is 12.6 Å². The second kappa shape index (κ2) is 7.64. The number of hydrogen-bond donors (Lipinski definition) is 1. The predicted molar refractivity (Wildman–Crippen MR) is 78.2 cm³/mol. The van der Waals surface area contributed by atoms with Gasteiger partial charge in [0.05, 0.1) is 0 Å². The molecule has 1 rings (SSSR count). The van der Waals surface area contributed by atoms with Crippen molar-refractivity contribution in [2.24, 2.45) is 0 Å². The van der Waals surface area contributed by atoms with Gasteiger partial charge in [0.1, 0.15) is 0 Å². The molecule has 0 aliphatic heterocycles. The normalized spacial score (nSPS) is 13.6. The second-order valence-corrected chi connectivity index (χ2v) is 6.10. The minimum atomic E-state index is -4.12. The molecule has 1 N–H and O–H groups in total. The molecule has 108 valence electrons. The van der Waals surface area contributed by atoms with E-state index in [-0.39, 0.29) is 12.5 Å². The molecule has 0 aromatic heterocycles. The molecule has 1 aromatic carbocycles. The van der Waals surface area contributed by atoms with E-state index in [2.05, 4.69) is 37.2 Å². The van der Waals surface area contributed by atoms with Gasteiger partial charge in [-0.15, -0.1) is 0 Å². The van der Waals surface area contributed by atoms with Crippen LogP contribution in [0.2, 0.25) is 0 Å². The molecule has 1 aromatic rings. The highest BCUT2D eigenvalue weighted by molar-refractivity contribution is 9.11. The van der Waals surface area contributed by atoms with Crippen LogP contribution in [-0.2, 0) is 0 Å². The van der Waals surface area contributed by atoms with E-state index in [4.69, 9.17) is 0 Å². The van der Waals surface area contributed by atoms with E-state index in [0.717, 1.165) is 20.9 Å². The number of alkyl halides is 3. The highest BCUT2D eigenvalue weighted by atomic mass is 79.9. The first-order valence-electron chi connectivity index (χ1n) is 6.08. The molecule has 0 fully saturated rings. The van der Waals surface area contributed by atoms with Crippen molar-refractivity contribution in [1.82, 2.24) is 5.32 Å². The summed E-state index contributed by atoms with van der Waals surface area (Å²) in [5.74, 6) is 0. The minimum absolute atomic E-state index is 0.0402. The molecule has 0 saturated carbocycles. The van der Waals surface area contributed by atoms with Crippen molar-refractivity contribution >= 4 is 31.9 Å². The van der Waals surface area contributed by atoms with Crippen LogP contribution in [0.3, 0.4) is 0 Å². The summed E-state index contributed by atoms with van der Waals surface area (Å²) in [5.41, 5.74) is 0.854. The van der Waals surface area contributed by atoms with Crippen LogP contribution in [0.5, 0.6) is 0 Å². The Hall–Kier alpha value is -0.0700. The third kappa shape index (κ3) is 6.27. The highest BCUT2D eigenvalue weighted by Gasteiger charge is 2.29. The lowest BCUT2D eigenvalue weighted by Crippen LogP contribution is -2.24. The molecule has 0 amide bonds. The molecule has 0 radical (unpaired) electrons. The van der Waals surface area contributed by atoms with Crippen LogP contribution in [0.1, 0.15) is 37.8 Å². The number of nitrogens with one attached hydrogen (secondary N) is 1. The Balaban J connectivity index is 2.85. The first-order chi connectivity index (χ1) is 8.83. The zero-order valence-electron chi connectivity index (χ0n) is 10.5. The van der Waals surface area contributed by atoms with E-state index in [0.29, 0.717) is 6.54 Å². The molecule has 1 unspecified atom stereocenters. The molecule has 0 saturated heterocycles. The van der Waals surface area contributed by atoms with Crippen molar-refractivity contribution < 1.29 is 13.2 Å². The molecule has 0 heterocycles. The highest BCUT2D eigenvalue weighted by Crippen LogP contribution is 2.32. The molecule has 0 aliphatic carbocycles. The number of rotatable bonds is 6. The van der Waals surface area contributed by atoms with Crippen LogP contribution in [0.15, 0.2) is 27.1 Å². The summed E-state index contributed by atoms with van der Waals surface area (Å²) >= 11 is 6.75. The van der Waals surface area contributed by atoms with Crippen molar-refractivity contribution in [3.8, 4) is 0 Å². The minimum Gasteiger partial charge on any atom is -0.310 e. The van der Waals surface area contributed by atoms with Gasteiger partial charge < -0.3 is 5.32 Å². The summed E-state index contributed by atoms with van der Waals surface area (Å²) in [7, 11) is 0. The smallest absolute Gasteiger partial charge is 0.310 e. The zero-order valence-corrected chi connectivity index (χ0v) is 13.7. The van der Waals surface area contributed by atoms with Gasteiger partial charge in [-0.05, 0) is 43.1 Å². The predicted octanol–water partition coefficient (Wildman–Crippen LogP) is 5.59. The molecule has 0 aliphatic rings. The van der Waals surface area contributed by atoms with Gasteiger partial charge in [0.15, 0.2) is 0 Å². The largest absolute Gasteiger partial charge is 0.389 e. The molecule has 1 atom stereocenters. The third-order valence-electron chi connectivity index (χ3n) is 2.69. The van der Waals surface area contributed by atoms with Crippen molar-refractivity contribution in [2.75, 3.05) is 6.54 Å². The third-order valence-corrected chi connectivity index (χ3v) is 3.91. The van der Waals surface area contributed by atoms with Crippen molar-refractivity contribution in [3.63, 3.8) is 0 Å². The van der Waals surface area contributed by atoms with E-state index in [1.54, 1.807) is 0 Å². The van der Waals surface area contributed by atoms with Crippen LogP contribution in [0.4, 0.5) is 13.2 Å². The fraction of sp³-hybridized carbons (Fsp3) is 0.538. The Labute approximate surface area is 128 Å². The maximum absolute atomic E-state index is 12.4. The van der Waals surface area contributed by atoms with Crippen LogP contribution in [0, 0.1) is 0 Å². The lowest BCUT2D eigenvalue weighted by atomic mass is 10.0. The maximum Gasteiger partial charge on any atom is 0.389 e. The Bertz CT molecular complexity index is 407. The SMILES string of the molecule is CCCNC(CCC(F)(F)F)c1cc(Br)ccc1Br. The zero-order chi connectivity index (χ0) is 14.5. The topological polar surface area (TPSA) is 12.0 Å².